The molecule has 2 nitrogen and oxygen atoms in total. The Morgan fingerprint density at radius 2 is 2.00 bits per heavy atom. The first kappa shape index (κ1) is 12.2. The van der Waals surface area contributed by atoms with Gasteiger partial charge in [0.05, 0.1) is 10.7 Å². The fourth-order valence-corrected chi connectivity index (χ4v) is 2.61. The summed E-state index contributed by atoms with van der Waals surface area (Å²) < 4.78 is 0.594. The molecule has 0 saturated heterocycles. The van der Waals surface area contributed by atoms with Gasteiger partial charge in [-0.1, -0.05) is 35.4 Å². The van der Waals surface area contributed by atoms with Crippen LogP contribution in [0, 0.1) is 4.64 Å². The average molecular weight is 297 g/mol. The van der Waals surface area contributed by atoms with Crippen molar-refractivity contribution in [3.63, 3.8) is 0 Å². The zero-order chi connectivity index (χ0) is 12.7. The van der Waals surface area contributed by atoms with Crippen LogP contribution in [0.15, 0.2) is 24.3 Å². The van der Waals surface area contributed by atoms with Gasteiger partial charge in [0, 0.05) is 16.5 Å². The summed E-state index contributed by atoms with van der Waals surface area (Å²) in [5.41, 5.74) is 1.80. The highest BCUT2D eigenvalue weighted by atomic mass is 35.5. The summed E-state index contributed by atoms with van der Waals surface area (Å²) in [6, 6.07) is 7.27. The maximum absolute atomic E-state index is 6.21. The van der Waals surface area contributed by atoms with Gasteiger partial charge in [0.25, 0.3) is 0 Å². The van der Waals surface area contributed by atoms with E-state index in [1.807, 2.05) is 18.2 Å². The Morgan fingerprint density at radius 3 is 2.67 bits per heavy atom. The van der Waals surface area contributed by atoms with Gasteiger partial charge in [0.15, 0.2) is 0 Å². The summed E-state index contributed by atoms with van der Waals surface area (Å²) in [5, 5.41) is 1.24. The number of hydrogen-bond acceptors (Lipinski definition) is 2. The Kier molecular flexibility index (Phi) is 3.14. The molecule has 1 fully saturated rings. The van der Waals surface area contributed by atoms with Crippen LogP contribution in [0.25, 0.3) is 11.3 Å². The average Bonchev–Trinajstić information content (AvgIpc) is 3.11. The van der Waals surface area contributed by atoms with Crippen LogP contribution in [-0.4, -0.2) is 9.97 Å². The first-order valence-electron chi connectivity index (χ1n) is 5.70. The molecule has 1 aromatic carbocycles. The third-order valence-corrected chi connectivity index (χ3v) is 3.70. The molecule has 18 heavy (non-hydrogen) atoms. The van der Waals surface area contributed by atoms with Crippen molar-refractivity contribution in [2.45, 2.75) is 18.8 Å². The van der Waals surface area contributed by atoms with Crippen molar-refractivity contribution in [1.29, 1.82) is 0 Å². The summed E-state index contributed by atoms with van der Waals surface area (Å²) in [6.07, 6.45) is 2.35. The Bertz CT molecular complexity index is 662. The Balaban J connectivity index is 2.13. The van der Waals surface area contributed by atoms with E-state index in [-0.39, 0.29) is 0 Å². The molecule has 0 amide bonds. The van der Waals surface area contributed by atoms with E-state index in [1.54, 1.807) is 6.07 Å². The quantitative estimate of drug-likeness (QED) is 0.791. The minimum atomic E-state index is 0.526. The largest absolute Gasteiger partial charge is 0.343 e. The van der Waals surface area contributed by atoms with Gasteiger partial charge in [0.2, 0.25) is 0 Å². The van der Waals surface area contributed by atoms with Gasteiger partial charge >= 0.3 is 0 Å². The molecule has 92 valence electrons. The minimum Gasteiger partial charge on any atom is -0.343 e. The van der Waals surface area contributed by atoms with Crippen molar-refractivity contribution < 1.29 is 0 Å². The van der Waals surface area contributed by atoms with E-state index in [4.69, 9.17) is 35.4 Å². The van der Waals surface area contributed by atoms with Gasteiger partial charge in [-0.15, -0.1) is 0 Å². The lowest BCUT2D eigenvalue weighted by Crippen LogP contribution is -1.95. The molecule has 3 rings (SSSR count). The fourth-order valence-electron chi connectivity index (χ4n) is 1.88. The molecule has 5 heteroatoms. The second-order valence-electron chi connectivity index (χ2n) is 4.42. The van der Waals surface area contributed by atoms with E-state index < -0.39 is 0 Å². The minimum absolute atomic E-state index is 0.526. The smallest absolute Gasteiger partial charge is 0.130 e. The number of hydrogen-bond donors (Lipinski definition) is 1. The van der Waals surface area contributed by atoms with Crippen molar-refractivity contribution in [3.8, 4) is 11.3 Å². The normalized spacial score (nSPS) is 14.8. The van der Waals surface area contributed by atoms with Gasteiger partial charge in [-0.3, -0.25) is 0 Å². The molecule has 1 aliphatic rings. The summed E-state index contributed by atoms with van der Waals surface area (Å²) in [7, 11) is 0. The molecular formula is C13H10Cl2N2S. The topological polar surface area (TPSA) is 28.7 Å². The van der Waals surface area contributed by atoms with Crippen molar-refractivity contribution in [3.05, 3.63) is 44.8 Å². The second-order valence-corrected chi connectivity index (χ2v) is 5.68. The van der Waals surface area contributed by atoms with Crippen molar-refractivity contribution in [2.75, 3.05) is 0 Å². The Morgan fingerprint density at radius 1 is 1.22 bits per heavy atom. The number of H-pyrrole nitrogens is 1. The van der Waals surface area contributed by atoms with E-state index in [9.17, 15) is 0 Å². The molecule has 0 radical (unpaired) electrons. The number of nitrogens with one attached hydrogen (secondary N) is 1. The van der Waals surface area contributed by atoms with Crippen molar-refractivity contribution in [2.24, 2.45) is 0 Å². The number of benzene rings is 1. The molecule has 1 aliphatic carbocycles. The molecule has 1 saturated carbocycles. The lowest BCUT2D eigenvalue weighted by Gasteiger charge is -2.07. The van der Waals surface area contributed by atoms with Gasteiger partial charge in [-0.05, 0) is 37.1 Å². The number of aromatic amines is 1. The van der Waals surface area contributed by atoms with E-state index in [0.29, 0.717) is 20.6 Å². The molecule has 1 aromatic heterocycles. The van der Waals surface area contributed by atoms with Crippen LogP contribution in [0.5, 0.6) is 0 Å². The van der Waals surface area contributed by atoms with E-state index in [2.05, 4.69) is 9.97 Å². The maximum atomic E-state index is 6.21. The van der Waals surface area contributed by atoms with E-state index >= 15 is 0 Å². The summed E-state index contributed by atoms with van der Waals surface area (Å²) in [4.78, 5) is 7.68. The molecule has 0 atom stereocenters. The predicted molar refractivity (Wildman–Crippen MR) is 76.9 cm³/mol. The predicted octanol–water partition coefficient (Wildman–Crippen LogP) is 4.99. The van der Waals surface area contributed by atoms with Gasteiger partial charge in [-0.25, -0.2) is 4.98 Å². The number of halogens is 2. The van der Waals surface area contributed by atoms with Gasteiger partial charge in [0.1, 0.15) is 10.5 Å². The van der Waals surface area contributed by atoms with Crippen LogP contribution in [0.2, 0.25) is 10.0 Å². The summed E-state index contributed by atoms with van der Waals surface area (Å²) >= 11 is 17.3. The molecule has 1 N–H and O–H groups in total. The summed E-state index contributed by atoms with van der Waals surface area (Å²) in [6.45, 7) is 0. The monoisotopic (exact) mass is 296 g/mol. The summed E-state index contributed by atoms with van der Waals surface area (Å²) in [5.74, 6) is 1.49. The molecule has 1 heterocycles. The van der Waals surface area contributed by atoms with Crippen molar-refractivity contribution in [1.82, 2.24) is 9.97 Å². The second kappa shape index (κ2) is 4.65. The first-order chi connectivity index (χ1) is 8.63. The van der Waals surface area contributed by atoms with Gasteiger partial charge < -0.3 is 4.98 Å². The van der Waals surface area contributed by atoms with E-state index in [1.165, 1.54) is 12.8 Å². The highest BCUT2D eigenvalue weighted by Crippen LogP contribution is 2.39. The molecule has 0 bridgehead atoms. The van der Waals surface area contributed by atoms with Crippen LogP contribution in [0.4, 0.5) is 0 Å². The first-order valence-corrected chi connectivity index (χ1v) is 6.86. The highest BCUT2D eigenvalue weighted by molar-refractivity contribution is 7.71. The molecule has 2 aromatic rings. The number of aromatic nitrogens is 2. The van der Waals surface area contributed by atoms with Crippen LogP contribution in [0.1, 0.15) is 24.6 Å². The third-order valence-electron chi connectivity index (χ3n) is 2.95. The fraction of sp³-hybridized carbons (Fsp3) is 0.231. The molecule has 0 aliphatic heterocycles. The maximum Gasteiger partial charge on any atom is 0.130 e. The van der Waals surface area contributed by atoms with Crippen LogP contribution in [0.3, 0.4) is 0 Å². The SMILES string of the molecule is S=c1cc(-c2ccc(Cl)cc2Cl)[nH]c(C2CC2)n1. The molecular weight excluding hydrogens is 287 g/mol. The van der Waals surface area contributed by atoms with Crippen molar-refractivity contribution >= 4 is 35.4 Å². The zero-order valence-corrected chi connectivity index (χ0v) is 11.7. The Labute approximate surface area is 120 Å². The lowest BCUT2D eigenvalue weighted by molar-refractivity contribution is 0.924. The zero-order valence-electron chi connectivity index (χ0n) is 9.41. The standard InChI is InChI=1S/C13H10Cl2N2S/c14-8-3-4-9(10(15)5-8)11-6-12(18)17-13(16-11)7-1-2-7/h3-7H,1-2H2,(H,16,17,18). The van der Waals surface area contributed by atoms with Crippen LogP contribution >= 0.6 is 35.4 Å². The number of rotatable bonds is 2. The van der Waals surface area contributed by atoms with Crippen LogP contribution in [-0.2, 0) is 0 Å². The highest BCUT2D eigenvalue weighted by Gasteiger charge is 2.26. The number of nitrogens with zero attached hydrogens (tertiary/aromatic N) is 1. The lowest BCUT2D eigenvalue weighted by atomic mass is 10.1. The third kappa shape index (κ3) is 2.44. The molecule has 0 spiro atoms. The molecule has 0 unspecified atom stereocenters. The Hall–Kier alpha value is -0.900. The van der Waals surface area contributed by atoms with Crippen LogP contribution < -0.4 is 0 Å². The van der Waals surface area contributed by atoms with Gasteiger partial charge in [-0.2, -0.15) is 0 Å². The van der Waals surface area contributed by atoms with E-state index in [0.717, 1.165) is 17.1 Å².